The fourth-order valence-electron chi connectivity index (χ4n) is 4.02. The highest BCUT2D eigenvalue weighted by molar-refractivity contribution is 7.13. The van der Waals surface area contributed by atoms with Gasteiger partial charge in [0.05, 0.1) is 17.0 Å². The van der Waals surface area contributed by atoms with Crippen molar-refractivity contribution in [2.24, 2.45) is 0 Å². The number of piperazine rings is 1. The van der Waals surface area contributed by atoms with Crippen LogP contribution in [0.15, 0.2) is 22.0 Å². The molecular formula is C21H31N5O3S. The molecule has 2 fully saturated rings. The lowest BCUT2D eigenvalue weighted by atomic mass is 10.2. The third kappa shape index (κ3) is 5.66. The van der Waals surface area contributed by atoms with Crippen molar-refractivity contribution in [1.29, 1.82) is 0 Å². The quantitative estimate of drug-likeness (QED) is 0.648. The predicted octanol–water partition coefficient (Wildman–Crippen LogP) is 2.03. The Morgan fingerprint density at radius 2 is 2.23 bits per heavy atom. The number of thiophene rings is 1. The highest BCUT2D eigenvalue weighted by Gasteiger charge is 2.26. The van der Waals surface area contributed by atoms with Crippen molar-refractivity contribution in [2.75, 3.05) is 45.9 Å². The van der Waals surface area contributed by atoms with Crippen LogP contribution >= 0.6 is 11.3 Å². The minimum atomic E-state index is -0.0948. The molecule has 1 N–H and O–H groups in total. The lowest BCUT2D eigenvalue weighted by Crippen LogP contribution is -2.54. The molecule has 9 heteroatoms. The maximum Gasteiger partial charge on any atom is 0.237 e. The van der Waals surface area contributed by atoms with Gasteiger partial charge in [0.2, 0.25) is 17.6 Å². The molecule has 1 amide bonds. The van der Waals surface area contributed by atoms with Gasteiger partial charge in [0.1, 0.15) is 0 Å². The third-order valence-corrected chi connectivity index (χ3v) is 6.80. The van der Waals surface area contributed by atoms with E-state index in [9.17, 15) is 4.79 Å². The maximum absolute atomic E-state index is 12.5. The Labute approximate surface area is 181 Å². The number of ether oxygens (including phenoxy) is 1. The van der Waals surface area contributed by atoms with Crippen LogP contribution in [-0.2, 0) is 16.0 Å². The summed E-state index contributed by atoms with van der Waals surface area (Å²) < 4.78 is 11.0. The van der Waals surface area contributed by atoms with Crippen LogP contribution in [0.25, 0.3) is 10.7 Å². The van der Waals surface area contributed by atoms with Crippen molar-refractivity contribution in [3.05, 3.63) is 23.4 Å². The van der Waals surface area contributed by atoms with Crippen molar-refractivity contribution in [3.8, 4) is 10.7 Å². The zero-order chi connectivity index (χ0) is 20.8. The Morgan fingerprint density at radius 1 is 1.37 bits per heavy atom. The van der Waals surface area contributed by atoms with E-state index in [0.717, 1.165) is 69.9 Å². The fourth-order valence-corrected chi connectivity index (χ4v) is 4.67. The van der Waals surface area contributed by atoms with E-state index in [1.54, 1.807) is 11.3 Å². The number of carbonyl (C=O) groups is 1. The molecule has 4 heterocycles. The van der Waals surface area contributed by atoms with Gasteiger partial charge in [-0.25, -0.2) is 0 Å². The number of nitrogens with one attached hydrogen (secondary N) is 1. The summed E-state index contributed by atoms with van der Waals surface area (Å²) >= 11 is 1.62. The molecule has 8 nitrogen and oxygen atoms in total. The molecule has 0 aromatic carbocycles. The average Bonchev–Trinajstić information content (AvgIpc) is 3.54. The molecule has 0 radical (unpaired) electrons. The number of carbonyl (C=O) groups excluding carboxylic acids is 1. The van der Waals surface area contributed by atoms with Crippen LogP contribution in [0.1, 0.15) is 32.1 Å². The summed E-state index contributed by atoms with van der Waals surface area (Å²) in [5.41, 5.74) is 0. The summed E-state index contributed by atoms with van der Waals surface area (Å²) in [5, 5.41) is 9.14. The highest BCUT2D eigenvalue weighted by Crippen LogP contribution is 2.21. The Kier molecular flexibility index (Phi) is 7.48. The lowest BCUT2D eigenvalue weighted by molar-refractivity contribution is -0.127. The molecule has 4 rings (SSSR count). The maximum atomic E-state index is 12.5. The minimum absolute atomic E-state index is 0.0948. The molecule has 0 saturated carbocycles. The second-order valence-electron chi connectivity index (χ2n) is 8.03. The summed E-state index contributed by atoms with van der Waals surface area (Å²) in [7, 11) is 0. The van der Waals surface area contributed by atoms with E-state index in [1.807, 2.05) is 24.4 Å². The normalized spacial score (nSPS) is 21.7. The van der Waals surface area contributed by atoms with Gasteiger partial charge in [-0.05, 0) is 44.2 Å². The summed E-state index contributed by atoms with van der Waals surface area (Å²) in [5.74, 6) is 1.49. The number of rotatable bonds is 9. The predicted molar refractivity (Wildman–Crippen MR) is 115 cm³/mol. The SMILES string of the molecule is CC(C(=O)NCC1CCCO1)N1CCN(CCCc2nc(-c3cccs3)no2)CC1. The van der Waals surface area contributed by atoms with E-state index < -0.39 is 0 Å². The first-order valence-electron chi connectivity index (χ1n) is 10.9. The van der Waals surface area contributed by atoms with Gasteiger partial charge in [-0.15, -0.1) is 11.3 Å². The van der Waals surface area contributed by atoms with Crippen molar-refractivity contribution < 1.29 is 14.1 Å². The number of hydrogen-bond acceptors (Lipinski definition) is 8. The monoisotopic (exact) mass is 433 g/mol. The number of hydrogen-bond donors (Lipinski definition) is 1. The minimum Gasteiger partial charge on any atom is -0.376 e. The molecular weight excluding hydrogens is 402 g/mol. The zero-order valence-electron chi connectivity index (χ0n) is 17.6. The summed E-state index contributed by atoms with van der Waals surface area (Å²) in [6, 6.07) is 3.90. The van der Waals surface area contributed by atoms with Gasteiger partial charge in [0.15, 0.2) is 0 Å². The summed E-state index contributed by atoms with van der Waals surface area (Å²) in [4.78, 5) is 22.7. The lowest BCUT2D eigenvalue weighted by Gasteiger charge is -2.37. The second-order valence-corrected chi connectivity index (χ2v) is 8.97. The van der Waals surface area contributed by atoms with Crippen molar-refractivity contribution >= 4 is 17.2 Å². The van der Waals surface area contributed by atoms with Crippen molar-refractivity contribution in [3.63, 3.8) is 0 Å². The van der Waals surface area contributed by atoms with E-state index in [-0.39, 0.29) is 18.1 Å². The van der Waals surface area contributed by atoms with Gasteiger partial charge in [0, 0.05) is 45.8 Å². The first kappa shape index (κ1) is 21.4. The average molecular weight is 434 g/mol. The number of nitrogens with zero attached hydrogens (tertiary/aromatic N) is 4. The molecule has 2 aliphatic rings. The van der Waals surface area contributed by atoms with E-state index in [1.165, 1.54) is 0 Å². The fraction of sp³-hybridized carbons (Fsp3) is 0.667. The molecule has 2 atom stereocenters. The molecule has 2 unspecified atom stereocenters. The second kappa shape index (κ2) is 10.5. The smallest absolute Gasteiger partial charge is 0.237 e. The van der Waals surface area contributed by atoms with Crippen molar-refractivity contribution in [1.82, 2.24) is 25.3 Å². The van der Waals surface area contributed by atoms with E-state index in [4.69, 9.17) is 9.26 Å². The summed E-state index contributed by atoms with van der Waals surface area (Å²) in [6.07, 6.45) is 4.12. The Morgan fingerprint density at radius 3 is 2.97 bits per heavy atom. The number of amides is 1. The van der Waals surface area contributed by atoms with Crippen LogP contribution in [0.4, 0.5) is 0 Å². The van der Waals surface area contributed by atoms with E-state index in [0.29, 0.717) is 18.3 Å². The Balaban J connectivity index is 1.13. The Hall–Kier alpha value is -1.81. The first-order valence-corrected chi connectivity index (χ1v) is 11.8. The van der Waals surface area contributed by atoms with Gasteiger partial charge in [-0.2, -0.15) is 4.98 Å². The van der Waals surface area contributed by atoms with E-state index in [2.05, 4.69) is 25.3 Å². The molecule has 2 aromatic heterocycles. The van der Waals surface area contributed by atoms with Gasteiger partial charge in [-0.1, -0.05) is 11.2 Å². The molecule has 2 aliphatic heterocycles. The highest BCUT2D eigenvalue weighted by atomic mass is 32.1. The van der Waals surface area contributed by atoms with E-state index >= 15 is 0 Å². The molecule has 2 saturated heterocycles. The molecule has 0 bridgehead atoms. The zero-order valence-corrected chi connectivity index (χ0v) is 18.4. The van der Waals surface area contributed by atoms with Crippen LogP contribution in [0.3, 0.4) is 0 Å². The molecule has 0 aliphatic carbocycles. The topological polar surface area (TPSA) is 83.7 Å². The van der Waals surface area contributed by atoms with Crippen LogP contribution < -0.4 is 5.32 Å². The van der Waals surface area contributed by atoms with Gasteiger partial charge in [-0.3, -0.25) is 9.69 Å². The van der Waals surface area contributed by atoms with Crippen LogP contribution in [0, 0.1) is 0 Å². The van der Waals surface area contributed by atoms with Crippen LogP contribution in [-0.4, -0.2) is 83.9 Å². The Bertz CT molecular complexity index is 782. The first-order chi connectivity index (χ1) is 14.7. The molecule has 30 heavy (non-hydrogen) atoms. The van der Waals surface area contributed by atoms with Gasteiger partial charge in [0.25, 0.3) is 0 Å². The number of aromatic nitrogens is 2. The van der Waals surface area contributed by atoms with Gasteiger partial charge >= 0.3 is 0 Å². The van der Waals surface area contributed by atoms with Gasteiger partial charge < -0.3 is 19.5 Å². The summed E-state index contributed by atoms with van der Waals surface area (Å²) in [6.45, 7) is 8.25. The third-order valence-electron chi connectivity index (χ3n) is 5.94. The molecule has 2 aromatic rings. The van der Waals surface area contributed by atoms with Crippen LogP contribution in [0.5, 0.6) is 0 Å². The number of aryl methyl sites for hydroxylation is 1. The molecule has 0 spiro atoms. The standard InChI is InChI=1S/C21H31N5O3S/c1-16(21(27)22-15-17-5-3-13-28-17)26-11-9-25(10-12-26)8-2-7-19-23-20(24-29-19)18-6-4-14-30-18/h4,6,14,16-17H,2-3,5,7-13,15H2,1H3,(H,22,27). The van der Waals surface area contributed by atoms with Crippen LogP contribution in [0.2, 0.25) is 0 Å². The van der Waals surface area contributed by atoms with Crippen molar-refractivity contribution in [2.45, 2.75) is 44.8 Å². The molecule has 164 valence electrons. The largest absolute Gasteiger partial charge is 0.376 e.